The third-order valence-electron chi connectivity index (χ3n) is 3.95. The Morgan fingerprint density at radius 3 is 2.50 bits per heavy atom. The topological polar surface area (TPSA) is 12.0 Å². The molecule has 1 N–H and O–H groups in total. The van der Waals surface area contributed by atoms with Crippen LogP contribution < -0.4 is 5.32 Å². The molecule has 2 unspecified atom stereocenters. The number of nitrogens with one attached hydrogen (secondary N) is 1. The number of rotatable bonds is 8. The third-order valence-corrected chi connectivity index (χ3v) is 3.95. The molecule has 1 nitrogen and oxygen atoms in total. The minimum absolute atomic E-state index is 0.507. The Hall–Kier alpha value is -0.820. The number of unbranched alkanes of at least 4 members (excludes halogenated alkanes) is 1. The van der Waals surface area contributed by atoms with Crippen LogP contribution in [0.25, 0.3) is 0 Å². The van der Waals surface area contributed by atoms with E-state index >= 15 is 0 Å². The molecule has 0 radical (unpaired) electrons. The van der Waals surface area contributed by atoms with Gasteiger partial charge in [-0.25, -0.2) is 0 Å². The first-order valence-electron chi connectivity index (χ1n) is 7.52. The predicted octanol–water partition coefficient (Wildman–Crippen LogP) is 4.73. The van der Waals surface area contributed by atoms with Crippen LogP contribution in [0.3, 0.4) is 0 Å². The molecule has 0 aliphatic rings. The smallest absolute Gasteiger partial charge is 0.0346 e. The molecule has 1 heteroatoms. The normalized spacial score (nSPS) is 14.4. The van der Waals surface area contributed by atoms with Gasteiger partial charge in [0.15, 0.2) is 0 Å². The van der Waals surface area contributed by atoms with Crippen LogP contribution in [0.2, 0.25) is 0 Å². The summed E-state index contributed by atoms with van der Waals surface area (Å²) in [6.45, 7) is 6.81. The highest BCUT2D eigenvalue weighted by Crippen LogP contribution is 2.29. The Bertz CT molecular complexity index is 332. The van der Waals surface area contributed by atoms with E-state index in [1.807, 2.05) is 0 Å². The summed E-state index contributed by atoms with van der Waals surface area (Å²) in [5, 5.41) is 3.53. The highest BCUT2D eigenvalue weighted by molar-refractivity contribution is 5.26. The predicted molar refractivity (Wildman–Crippen MR) is 80.9 cm³/mol. The Morgan fingerprint density at radius 1 is 1.17 bits per heavy atom. The number of benzene rings is 1. The summed E-state index contributed by atoms with van der Waals surface area (Å²) in [5.41, 5.74) is 2.90. The van der Waals surface area contributed by atoms with Crippen molar-refractivity contribution in [2.45, 2.75) is 58.9 Å². The van der Waals surface area contributed by atoms with Gasteiger partial charge in [-0.05, 0) is 36.9 Å². The molecular weight excluding hydrogens is 218 g/mol. The molecule has 0 fully saturated rings. The summed E-state index contributed by atoms with van der Waals surface area (Å²) in [7, 11) is 2.10. The third kappa shape index (κ3) is 4.13. The zero-order valence-electron chi connectivity index (χ0n) is 12.5. The van der Waals surface area contributed by atoms with E-state index < -0.39 is 0 Å². The van der Waals surface area contributed by atoms with Crippen molar-refractivity contribution in [2.75, 3.05) is 7.05 Å². The molecule has 0 heterocycles. The average Bonchev–Trinajstić information content (AvgIpc) is 2.43. The maximum absolute atomic E-state index is 3.53. The quantitative estimate of drug-likeness (QED) is 0.700. The zero-order chi connectivity index (χ0) is 13.4. The first-order valence-corrected chi connectivity index (χ1v) is 7.52. The van der Waals surface area contributed by atoms with Crippen LogP contribution >= 0.6 is 0 Å². The molecule has 0 saturated carbocycles. The fraction of sp³-hybridized carbons (Fsp3) is 0.647. The fourth-order valence-corrected chi connectivity index (χ4v) is 2.75. The monoisotopic (exact) mass is 247 g/mol. The van der Waals surface area contributed by atoms with Crippen LogP contribution in [0.15, 0.2) is 24.3 Å². The molecule has 1 rings (SSSR count). The molecule has 0 aliphatic heterocycles. The van der Waals surface area contributed by atoms with Crippen molar-refractivity contribution >= 4 is 0 Å². The van der Waals surface area contributed by atoms with Crippen LogP contribution in [0.1, 0.15) is 63.6 Å². The van der Waals surface area contributed by atoms with Crippen LogP contribution in [-0.4, -0.2) is 7.05 Å². The average molecular weight is 247 g/mol. The van der Waals surface area contributed by atoms with Gasteiger partial charge in [-0.2, -0.15) is 0 Å². The van der Waals surface area contributed by atoms with E-state index in [2.05, 4.69) is 57.4 Å². The van der Waals surface area contributed by atoms with Gasteiger partial charge in [-0.15, -0.1) is 0 Å². The second-order valence-corrected chi connectivity index (χ2v) is 5.18. The number of hydrogen-bond acceptors (Lipinski definition) is 1. The van der Waals surface area contributed by atoms with Gasteiger partial charge in [-0.1, -0.05) is 64.3 Å². The standard InChI is InChI=1S/C17H29N/c1-5-8-11-15(7-3)17(18-4)16-12-9-10-14(6-2)13-16/h9-10,12-13,15,17-18H,5-8,11H2,1-4H3. The maximum Gasteiger partial charge on any atom is 0.0346 e. The van der Waals surface area contributed by atoms with Crippen molar-refractivity contribution in [3.63, 3.8) is 0 Å². The lowest BCUT2D eigenvalue weighted by Gasteiger charge is -2.27. The summed E-state index contributed by atoms with van der Waals surface area (Å²) in [4.78, 5) is 0. The van der Waals surface area contributed by atoms with Gasteiger partial charge >= 0.3 is 0 Å². The first kappa shape index (κ1) is 15.2. The van der Waals surface area contributed by atoms with E-state index in [4.69, 9.17) is 0 Å². The lowest BCUT2D eigenvalue weighted by atomic mass is 9.86. The minimum atomic E-state index is 0.507. The van der Waals surface area contributed by atoms with Crippen LogP contribution in [-0.2, 0) is 6.42 Å². The zero-order valence-corrected chi connectivity index (χ0v) is 12.5. The largest absolute Gasteiger partial charge is 0.313 e. The van der Waals surface area contributed by atoms with Crippen LogP contribution in [0.4, 0.5) is 0 Å². The summed E-state index contributed by atoms with van der Waals surface area (Å²) >= 11 is 0. The maximum atomic E-state index is 3.53. The van der Waals surface area contributed by atoms with Gasteiger partial charge in [0.25, 0.3) is 0 Å². The second kappa shape index (κ2) is 8.31. The molecule has 0 amide bonds. The van der Waals surface area contributed by atoms with E-state index in [0.29, 0.717) is 6.04 Å². The van der Waals surface area contributed by atoms with Crippen LogP contribution in [0.5, 0.6) is 0 Å². The SMILES string of the molecule is CCCCC(CC)C(NC)c1cccc(CC)c1. The van der Waals surface area contributed by atoms with Crippen molar-refractivity contribution in [3.05, 3.63) is 35.4 Å². The number of aryl methyl sites for hydroxylation is 1. The fourth-order valence-electron chi connectivity index (χ4n) is 2.75. The minimum Gasteiger partial charge on any atom is -0.313 e. The van der Waals surface area contributed by atoms with E-state index in [1.165, 1.54) is 36.8 Å². The van der Waals surface area contributed by atoms with E-state index in [1.54, 1.807) is 0 Å². The van der Waals surface area contributed by atoms with Crippen molar-refractivity contribution < 1.29 is 0 Å². The summed E-state index contributed by atoms with van der Waals surface area (Å²) in [6.07, 6.45) is 6.33. The van der Waals surface area contributed by atoms with Crippen molar-refractivity contribution in [1.29, 1.82) is 0 Å². The molecule has 0 spiro atoms. The summed E-state index contributed by atoms with van der Waals surface area (Å²) in [6, 6.07) is 9.58. The lowest BCUT2D eigenvalue weighted by molar-refractivity contribution is 0.339. The van der Waals surface area contributed by atoms with Gasteiger partial charge < -0.3 is 5.32 Å². The van der Waals surface area contributed by atoms with Crippen molar-refractivity contribution in [1.82, 2.24) is 5.32 Å². The van der Waals surface area contributed by atoms with Crippen molar-refractivity contribution in [2.24, 2.45) is 5.92 Å². The Labute approximate surface area is 113 Å². The van der Waals surface area contributed by atoms with E-state index in [9.17, 15) is 0 Å². The molecule has 2 atom stereocenters. The first-order chi connectivity index (χ1) is 8.76. The Balaban J connectivity index is 2.84. The molecule has 1 aromatic rings. The summed E-state index contributed by atoms with van der Waals surface area (Å²) < 4.78 is 0. The summed E-state index contributed by atoms with van der Waals surface area (Å²) in [5.74, 6) is 0.752. The molecule has 0 aromatic heterocycles. The Morgan fingerprint density at radius 2 is 1.94 bits per heavy atom. The lowest BCUT2D eigenvalue weighted by Crippen LogP contribution is -2.25. The van der Waals surface area contributed by atoms with Crippen molar-refractivity contribution in [3.8, 4) is 0 Å². The Kier molecular flexibility index (Phi) is 7.04. The molecule has 102 valence electrons. The van der Waals surface area contributed by atoms with Crippen LogP contribution in [0, 0.1) is 5.92 Å². The highest BCUT2D eigenvalue weighted by atomic mass is 14.9. The molecule has 0 saturated heterocycles. The van der Waals surface area contributed by atoms with E-state index in [0.717, 1.165) is 12.3 Å². The highest BCUT2D eigenvalue weighted by Gasteiger charge is 2.19. The second-order valence-electron chi connectivity index (χ2n) is 5.18. The molecule has 18 heavy (non-hydrogen) atoms. The van der Waals surface area contributed by atoms with E-state index in [-0.39, 0.29) is 0 Å². The van der Waals surface area contributed by atoms with Gasteiger partial charge in [-0.3, -0.25) is 0 Å². The van der Waals surface area contributed by atoms with Gasteiger partial charge in [0.05, 0.1) is 0 Å². The van der Waals surface area contributed by atoms with Gasteiger partial charge in [0.1, 0.15) is 0 Å². The molecule has 1 aromatic carbocycles. The van der Waals surface area contributed by atoms with Gasteiger partial charge in [0, 0.05) is 6.04 Å². The molecular formula is C17H29N. The van der Waals surface area contributed by atoms with Gasteiger partial charge in [0.2, 0.25) is 0 Å². The molecule has 0 aliphatic carbocycles. The molecule has 0 bridgehead atoms. The number of hydrogen-bond donors (Lipinski definition) is 1.